The molecule has 1 amide bonds. The SMILES string of the molecule is Cc1ccc(C)c(NC(=O)c2ccc(=O)n(Cc3ccccc3)c2)c1. The van der Waals surface area contributed by atoms with Crippen LogP contribution < -0.4 is 10.9 Å². The molecule has 0 aliphatic heterocycles. The zero-order valence-electron chi connectivity index (χ0n) is 14.3. The van der Waals surface area contributed by atoms with Crippen LogP contribution in [0.15, 0.2) is 71.7 Å². The Labute approximate surface area is 146 Å². The first kappa shape index (κ1) is 16.7. The monoisotopic (exact) mass is 332 g/mol. The highest BCUT2D eigenvalue weighted by atomic mass is 16.2. The summed E-state index contributed by atoms with van der Waals surface area (Å²) >= 11 is 0. The van der Waals surface area contributed by atoms with Crippen molar-refractivity contribution >= 4 is 11.6 Å². The van der Waals surface area contributed by atoms with Crippen LogP contribution in [-0.2, 0) is 6.54 Å². The number of aryl methyl sites for hydroxylation is 2. The summed E-state index contributed by atoms with van der Waals surface area (Å²) in [7, 11) is 0. The van der Waals surface area contributed by atoms with Gasteiger partial charge in [0.1, 0.15) is 0 Å². The molecule has 0 aliphatic carbocycles. The minimum Gasteiger partial charge on any atom is -0.322 e. The van der Waals surface area contributed by atoms with E-state index >= 15 is 0 Å². The lowest BCUT2D eigenvalue weighted by Crippen LogP contribution is -2.22. The van der Waals surface area contributed by atoms with Crippen molar-refractivity contribution < 1.29 is 4.79 Å². The van der Waals surface area contributed by atoms with E-state index in [1.54, 1.807) is 16.8 Å². The third kappa shape index (κ3) is 4.04. The van der Waals surface area contributed by atoms with E-state index in [1.807, 2.05) is 62.4 Å². The molecule has 0 spiro atoms. The molecular formula is C21H20N2O2. The number of rotatable bonds is 4. The third-order valence-electron chi connectivity index (χ3n) is 4.08. The van der Waals surface area contributed by atoms with Gasteiger partial charge in [-0.3, -0.25) is 9.59 Å². The molecule has 0 fully saturated rings. The van der Waals surface area contributed by atoms with Gasteiger partial charge in [-0.05, 0) is 42.7 Å². The van der Waals surface area contributed by atoms with E-state index in [9.17, 15) is 9.59 Å². The van der Waals surface area contributed by atoms with E-state index in [1.165, 1.54) is 6.07 Å². The molecule has 126 valence electrons. The molecule has 4 nitrogen and oxygen atoms in total. The van der Waals surface area contributed by atoms with Crippen LogP contribution in [0.2, 0.25) is 0 Å². The maximum absolute atomic E-state index is 12.6. The van der Waals surface area contributed by atoms with Crippen molar-refractivity contribution in [2.24, 2.45) is 0 Å². The number of hydrogen-bond donors (Lipinski definition) is 1. The highest BCUT2D eigenvalue weighted by Gasteiger charge is 2.10. The average Bonchev–Trinajstić information content (AvgIpc) is 2.61. The lowest BCUT2D eigenvalue weighted by atomic mass is 10.1. The molecule has 3 rings (SSSR count). The van der Waals surface area contributed by atoms with Crippen LogP contribution in [0.25, 0.3) is 0 Å². The maximum Gasteiger partial charge on any atom is 0.257 e. The summed E-state index contributed by atoms with van der Waals surface area (Å²) in [5, 5.41) is 2.92. The van der Waals surface area contributed by atoms with Gasteiger partial charge in [0.25, 0.3) is 11.5 Å². The second-order valence-electron chi connectivity index (χ2n) is 6.14. The molecule has 0 radical (unpaired) electrons. The number of hydrogen-bond acceptors (Lipinski definition) is 2. The van der Waals surface area contributed by atoms with Crippen molar-refractivity contribution in [3.05, 3.63) is 99.5 Å². The summed E-state index contributed by atoms with van der Waals surface area (Å²) in [5.41, 5.74) is 4.19. The standard InChI is InChI=1S/C21H20N2O2/c1-15-8-9-16(2)19(12-15)22-21(25)18-10-11-20(24)23(14-18)13-17-6-4-3-5-7-17/h3-12,14H,13H2,1-2H3,(H,22,25). The summed E-state index contributed by atoms with van der Waals surface area (Å²) in [6.07, 6.45) is 1.61. The van der Waals surface area contributed by atoms with Gasteiger partial charge in [0.2, 0.25) is 0 Å². The average molecular weight is 332 g/mol. The van der Waals surface area contributed by atoms with Gasteiger partial charge in [-0.15, -0.1) is 0 Å². The summed E-state index contributed by atoms with van der Waals surface area (Å²) in [6.45, 7) is 4.37. The van der Waals surface area contributed by atoms with Crippen LogP contribution in [0.5, 0.6) is 0 Å². The van der Waals surface area contributed by atoms with E-state index in [4.69, 9.17) is 0 Å². The highest BCUT2D eigenvalue weighted by molar-refractivity contribution is 6.04. The fourth-order valence-corrected chi connectivity index (χ4v) is 2.63. The summed E-state index contributed by atoms with van der Waals surface area (Å²) in [4.78, 5) is 24.7. The van der Waals surface area contributed by atoms with Gasteiger partial charge in [-0.25, -0.2) is 0 Å². The fourth-order valence-electron chi connectivity index (χ4n) is 2.63. The van der Waals surface area contributed by atoms with Crippen LogP contribution in [0.3, 0.4) is 0 Å². The van der Waals surface area contributed by atoms with Crippen LogP contribution >= 0.6 is 0 Å². The maximum atomic E-state index is 12.6. The summed E-state index contributed by atoms with van der Waals surface area (Å²) in [6, 6.07) is 18.6. The first-order chi connectivity index (χ1) is 12.0. The van der Waals surface area contributed by atoms with E-state index in [0.29, 0.717) is 12.1 Å². The topological polar surface area (TPSA) is 51.1 Å². The quantitative estimate of drug-likeness (QED) is 0.791. The lowest BCUT2D eigenvalue weighted by molar-refractivity contribution is 0.102. The molecule has 0 unspecified atom stereocenters. The Hall–Kier alpha value is -3.14. The minimum absolute atomic E-state index is 0.132. The van der Waals surface area contributed by atoms with Gasteiger partial charge in [0.15, 0.2) is 0 Å². The molecule has 1 N–H and O–H groups in total. The molecule has 0 saturated carbocycles. The molecule has 0 saturated heterocycles. The van der Waals surface area contributed by atoms with Gasteiger partial charge in [0.05, 0.1) is 12.1 Å². The highest BCUT2D eigenvalue weighted by Crippen LogP contribution is 2.17. The van der Waals surface area contributed by atoms with E-state index in [0.717, 1.165) is 22.4 Å². The van der Waals surface area contributed by atoms with E-state index < -0.39 is 0 Å². The largest absolute Gasteiger partial charge is 0.322 e. The van der Waals surface area contributed by atoms with Crippen LogP contribution in [0.4, 0.5) is 5.69 Å². The number of carbonyl (C=O) groups is 1. The van der Waals surface area contributed by atoms with Gasteiger partial charge < -0.3 is 9.88 Å². The number of anilines is 1. The fraction of sp³-hybridized carbons (Fsp3) is 0.143. The molecule has 0 bridgehead atoms. The van der Waals surface area contributed by atoms with Crippen molar-refractivity contribution in [3.63, 3.8) is 0 Å². The molecule has 4 heteroatoms. The number of benzene rings is 2. The molecule has 1 aromatic heterocycles. The lowest BCUT2D eigenvalue weighted by Gasteiger charge is -2.11. The molecule has 0 atom stereocenters. The Morgan fingerprint density at radius 1 is 1.00 bits per heavy atom. The predicted octanol–water partition coefficient (Wildman–Crippen LogP) is 3.77. The number of carbonyl (C=O) groups excluding carboxylic acids is 1. The Morgan fingerprint density at radius 2 is 1.76 bits per heavy atom. The molecule has 1 heterocycles. The zero-order chi connectivity index (χ0) is 17.8. The van der Waals surface area contributed by atoms with Crippen LogP contribution in [0, 0.1) is 13.8 Å². The smallest absolute Gasteiger partial charge is 0.257 e. The van der Waals surface area contributed by atoms with Crippen LogP contribution in [0.1, 0.15) is 27.0 Å². The Balaban J connectivity index is 1.85. The van der Waals surface area contributed by atoms with Crippen molar-refractivity contribution in [1.82, 2.24) is 4.57 Å². The zero-order valence-corrected chi connectivity index (χ0v) is 14.3. The second kappa shape index (κ2) is 7.18. The second-order valence-corrected chi connectivity index (χ2v) is 6.14. The van der Waals surface area contributed by atoms with Gasteiger partial charge in [-0.1, -0.05) is 42.5 Å². The summed E-state index contributed by atoms with van der Waals surface area (Å²) < 4.78 is 1.55. The molecular weight excluding hydrogens is 312 g/mol. The minimum atomic E-state index is -0.226. The van der Waals surface area contributed by atoms with Gasteiger partial charge >= 0.3 is 0 Å². The molecule has 3 aromatic rings. The van der Waals surface area contributed by atoms with Gasteiger partial charge in [0, 0.05) is 18.0 Å². The molecule has 2 aromatic carbocycles. The number of nitrogens with one attached hydrogen (secondary N) is 1. The summed E-state index contributed by atoms with van der Waals surface area (Å²) in [5.74, 6) is -0.226. The number of aromatic nitrogens is 1. The van der Waals surface area contributed by atoms with E-state index in [2.05, 4.69) is 5.32 Å². The van der Waals surface area contributed by atoms with E-state index in [-0.39, 0.29) is 11.5 Å². The number of amides is 1. The van der Waals surface area contributed by atoms with Crippen LogP contribution in [-0.4, -0.2) is 10.5 Å². The number of pyridine rings is 1. The Kier molecular flexibility index (Phi) is 4.80. The Morgan fingerprint density at radius 3 is 2.52 bits per heavy atom. The Bertz CT molecular complexity index is 959. The van der Waals surface area contributed by atoms with Crippen molar-refractivity contribution in [1.29, 1.82) is 0 Å². The first-order valence-electron chi connectivity index (χ1n) is 8.16. The first-order valence-corrected chi connectivity index (χ1v) is 8.16. The molecule has 25 heavy (non-hydrogen) atoms. The number of nitrogens with zero attached hydrogens (tertiary/aromatic N) is 1. The predicted molar refractivity (Wildman–Crippen MR) is 100 cm³/mol. The van der Waals surface area contributed by atoms with Gasteiger partial charge in [-0.2, -0.15) is 0 Å². The van der Waals surface area contributed by atoms with Crippen molar-refractivity contribution in [2.45, 2.75) is 20.4 Å². The molecule has 0 aliphatic rings. The van der Waals surface area contributed by atoms with Crippen molar-refractivity contribution in [3.8, 4) is 0 Å². The normalized spacial score (nSPS) is 10.5. The van der Waals surface area contributed by atoms with Crippen molar-refractivity contribution in [2.75, 3.05) is 5.32 Å². The third-order valence-corrected chi connectivity index (χ3v) is 4.08.